The van der Waals surface area contributed by atoms with Crippen molar-refractivity contribution in [3.63, 3.8) is 0 Å². The van der Waals surface area contributed by atoms with Crippen LogP contribution in [-0.2, 0) is 24.6 Å². The van der Waals surface area contributed by atoms with Gasteiger partial charge in [0.15, 0.2) is 0 Å². The van der Waals surface area contributed by atoms with Crippen molar-refractivity contribution in [1.29, 1.82) is 0 Å². The Balaban J connectivity index is 3.56. The Labute approximate surface area is 83.2 Å². The van der Waals surface area contributed by atoms with Crippen LogP contribution in [0.3, 0.4) is 0 Å². The molecule has 0 aliphatic rings. The van der Waals surface area contributed by atoms with E-state index in [1.165, 1.54) is 4.43 Å². The molecule has 0 spiro atoms. The van der Waals surface area contributed by atoms with Crippen molar-refractivity contribution in [2.24, 2.45) is 0 Å². The van der Waals surface area contributed by atoms with E-state index in [-0.39, 0.29) is 0 Å². The Kier molecular flexibility index (Phi) is 3.26. The van der Waals surface area contributed by atoms with Crippen LogP contribution in [0.2, 0.25) is 4.43 Å². The minimum absolute atomic E-state index is 0.559. The van der Waals surface area contributed by atoms with Gasteiger partial charge in [-0.25, -0.2) is 0 Å². The van der Waals surface area contributed by atoms with Crippen LogP contribution >= 0.6 is 0 Å². The van der Waals surface area contributed by atoms with Gasteiger partial charge in [0.1, 0.15) is 0 Å². The molecule has 68 valence electrons. The molecule has 0 aliphatic carbocycles. The van der Waals surface area contributed by atoms with Gasteiger partial charge in [-0.3, -0.25) is 0 Å². The van der Waals surface area contributed by atoms with Crippen LogP contribution in [0, 0.1) is 29.1 Å². The first kappa shape index (κ1) is 10.9. The summed E-state index contributed by atoms with van der Waals surface area (Å²) in [7, 11) is 0. The quantitative estimate of drug-likeness (QED) is 0.302. The van der Waals surface area contributed by atoms with Gasteiger partial charge in [0.25, 0.3) is 0 Å². The third-order valence-electron chi connectivity index (χ3n) is 1.65. The first-order valence-corrected chi connectivity index (χ1v) is 11.8. The molecule has 1 aromatic rings. The second-order valence-corrected chi connectivity index (χ2v) is 7.90. The number of hydrogen-bond donors (Lipinski definition) is 0. The van der Waals surface area contributed by atoms with E-state index in [1.807, 2.05) is 0 Å². The maximum atomic E-state index is 12.7. The van der Waals surface area contributed by atoms with Gasteiger partial charge in [0.05, 0.1) is 0 Å². The molecule has 1 aromatic carbocycles. The van der Waals surface area contributed by atoms with Crippen molar-refractivity contribution in [1.82, 2.24) is 0 Å². The summed E-state index contributed by atoms with van der Waals surface area (Å²) < 4.78 is 63.8. The van der Waals surface area contributed by atoms with E-state index in [0.717, 1.165) is 0 Å². The molecule has 0 amide bonds. The summed E-state index contributed by atoms with van der Waals surface area (Å²) >= 11 is -2.13. The normalized spacial score (nSPS) is 10.0. The molecule has 0 saturated heterocycles. The van der Waals surface area contributed by atoms with Crippen molar-refractivity contribution in [2.45, 2.75) is 4.43 Å². The minimum atomic E-state index is -2.13. The standard InChI is InChI=1S/C6F5.CH3.Hg/c7-2-1-3(8)5(10)6(11)4(2)9;;/h;1H3;. The summed E-state index contributed by atoms with van der Waals surface area (Å²) in [4.78, 5) is 0. The van der Waals surface area contributed by atoms with E-state index >= 15 is 0 Å². The van der Waals surface area contributed by atoms with E-state index in [1.54, 1.807) is 0 Å². The Morgan fingerprint density at radius 2 is 1.00 bits per heavy atom. The monoisotopic (exact) mass is 384 g/mol. The Morgan fingerprint density at radius 1 is 0.692 bits per heavy atom. The number of rotatable bonds is 1. The fourth-order valence-electron chi connectivity index (χ4n) is 0.961. The van der Waals surface area contributed by atoms with Gasteiger partial charge in [-0.05, 0) is 0 Å². The van der Waals surface area contributed by atoms with E-state index in [9.17, 15) is 22.0 Å². The van der Waals surface area contributed by atoms with Crippen LogP contribution in [-0.4, -0.2) is 0 Å². The van der Waals surface area contributed by atoms with Crippen LogP contribution in [0.1, 0.15) is 0 Å². The van der Waals surface area contributed by atoms with E-state index < -0.39 is 56.7 Å². The Morgan fingerprint density at radius 3 is 1.31 bits per heavy atom. The summed E-state index contributed by atoms with van der Waals surface area (Å²) in [5.41, 5.74) is 0. The molecule has 0 unspecified atom stereocenters. The van der Waals surface area contributed by atoms with Gasteiger partial charge in [-0.15, -0.1) is 0 Å². The molecule has 0 fully saturated rings. The summed E-state index contributed by atoms with van der Waals surface area (Å²) in [5.74, 6) is -9.06. The van der Waals surface area contributed by atoms with E-state index in [2.05, 4.69) is 0 Å². The molecule has 0 N–H and O–H groups in total. The average molecular weight is 383 g/mol. The Hall–Kier alpha value is -0.195. The van der Waals surface area contributed by atoms with Crippen LogP contribution < -0.4 is 3.07 Å². The Bertz CT molecular complexity index is 320. The molecule has 1 rings (SSSR count). The number of hydrogen-bond acceptors (Lipinski definition) is 0. The zero-order valence-electron chi connectivity index (χ0n) is 6.60. The van der Waals surface area contributed by atoms with Gasteiger partial charge < -0.3 is 0 Å². The molecule has 13 heavy (non-hydrogen) atoms. The van der Waals surface area contributed by atoms with Crippen molar-refractivity contribution in [3.8, 4) is 0 Å². The second-order valence-electron chi connectivity index (χ2n) is 2.40. The third kappa shape index (κ3) is 1.70. The second kappa shape index (κ2) is 3.90. The van der Waals surface area contributed by atoms with Crippen molar-refractivity contribution in [3.05, 3.63) is 29.1 Å². The van der Waals surface area contributed by atoms with Gasteiger partial charge in [-0.2, -0.15) is 0 Å². The average Bonchev–Trinajstić information content (AvgIpc) is 2.13. The molecule has 0 heterocycles. The molecular weight excluding hydrogens is 380 g/mol. The van der Waals surface area contributed by atoms with Gasteiger partial charge in [0.2, 0.25) is 0 Å². The molecule has 0 bridgehead atoms. The number of benzene rings is 1. The summed E-state index contributed by atoms with van der Waals surface area (Å²) in [6, 6.07) is 0. The zero-order valence-corrected chi connectivity index (χ0v) is 12.1. The number of halogens is 5. The fraction of sp³-hybridized carbons (Fsp3) is 0.143. The zero-order chi connectivity index (χ0) is 10.2. The predicted octanol–water partition coefficient (Wildman–Crippen LogP) is 2.14. The first-order valence-electron chi connectivity index (χ1n) is 3.51. The van der Waals surface area contributed by atoms with Crippen LogP contribution in [0.15, 0.2) is 0 Å². The van der Waals surface area contributed by atoms with E-state index in [0.29, 0.717) is 0 Å². The molecule has 0 aromatic heterocycles. The topological polar surface area (TPSA) is 0 Å². The van der Waals surface area contributed by atoms with Crippen molar-refractivity contribution in [2.75, 3.05) is 0 Å². The molecule has 0 aliphatic heterocycles. The van der Waals surface area contributed by atoms with Crippen LogP contribution in [0.4, 0.5) is 22.0 Å². The third-order valence-corrected chi connectivity index (χ3v) is 6.82. The maximum absolute atomic E-state index is 12.7. The van der Waals surface area contributed by atoms with Crippen molar-refractivity contribution < 1.29 is 46.5 Å². The summed E-state index contributed by atoms with van der Waals surface area (Å²) in [5, 5.41) is 0. The van der Waals surface area contributed by atoms with Gasteiger partial charge in [0, 0.05) is 0 Å². The van der Waals surface area contributed by atoms with Gasteiger partial charge in [-0.1, -0.05) is 0 Å². The van der Waals surface area contributed by atoms with E-state index in [4.69, 9.17) is 0 Å². The first-order chi connectivity index (χ1) is 6.00. The molecule has 0 radical (unpaired) electrons. The molecule has 0 nitrogen and oxygen atoms in total. The molecule has 0 atom stereocenters. The SMILES string of the molecule is [CH3][Hg][c]1c(F)c(F)c(F)c(F)c1F. The summed E-state index contributed by atoms with van der Waals surface area (Å²) in [6.07, 6.45) is 0. The summed E-state index contributed by atoms with van der Waals surface area (Å²) in [6.45, 7) is 0. The molecular formula is C7H3F5Hg. The van der Waals surface area contributed by atoms with Crippen molar-refractivity contribution >= 4 is 3.07 Å². The molecule has 0 saturated carbocycles. The van der Waals surface area contributed by atoms with Gasteiger partial charge >= 0.3 is 83.1 Å². The van der Waals surface area contributed by atoms with Crippen LogP contribution in [0.5, 0.6) is 0 Å². The molecule has 6 heteroatoms. The predicted molar refractivity (Wildman–Crippen MR) is 31.7 cm³/mol. The van der Waals surface area contributed by atoms with Crippen LogP contribution in [0.25, 0.3) is 0 Å². The fourth-order valence-corrected chi connectivity index (χ4v) is 4.58.